The Morgan fingerprint density at radius 2 is 2.11 bits per heavy atom. The second-order valence-electron chi connectivity index (χ2n) is 3.79. The topological polar surface area (TPSA) is 54.0 Å². The molecule has 1 aromatic carbocycles. The van der Waals surface area contributed by atoms with E-state index in [4.69, 9.17) is 11.6 Å². The first kappa shape index (κ1) is 13.3. The monoisotopic (exact) mass is 279 g/mol. The molecule has 19 heavy (non-hydrogen) atoms. The number of amides is 1. The molecule has 0 spiro atoms. The molecular formula is C13H11ClFN3O. The van der Waals surface area contributed by atoms with E-state index in [-0.39, 0.29) is 10.9 Å². The average Bonchev–Trinajstić information content (AvgIpc) is 2.37. The van der Waals surface area contributed by atoms with Crippen LogP contribution in [0.3, 0.4) is 0 Å². The third-order valence-electron chi connectivity index (χ3n) is 2.40. The molecule has 0 aliphatic rings. The summed E-state index contributed by atoms with van der Waals surface area (Å²) in [4.78, 5) is 16.0. The van der Waals surface area contributed by atoms with Gasteiger partial charge in [0.15, 0.2) is 0 Å². The summed E-state index contributed by atoms with van der Waals surface area (Å²) >= 11 is 5.72. The minimum Gasteiger partial charge on any atom is -0.373 e. The smallest absolute Gasteiger partial charge is 0.255 e. The largest absolute Gasteiger partial charge is 0.373 e. The van der Waals surface area contributed by atoms with Crippen LogP contribution in [0.1, 0.15) is 10.4 Å². The highest BCUT2D eigenvalue weighted by atomic mass is 35.5. The number of carbonyl (C=O) groups excluding carboxylic acids is 1. The van der Waals surface area contributed by atoms with Crippen molar-refractivity contribution in [3.8, 4) is 0 Å². The summed E-state index contributed by atoms with van der Waals surface area (Å²) in [6, 6.07) is 7.00. The Balaban J connectivity index is 2.20. The van der Waals surface area contributed by atoms with Crippen molar-refractivity contribution >= 4 is 29.0 Å². The fourth-order valence-electron chi connectivity index (χ4n) is 1.54. The number of carbonyl (C=O) groups is 1. The normalized spacial score (nSPS) is 10.1. The summed E-state index contributed by atoms with van der Waals surface area (Å²) in [5.41, 5.74) is 0.720. The molecule has 0 aliphatic heterocycles. The quantitative estimate of drug-likeness (QED) is 0.907. The molecule has 1 aromatic heterocycles. The number of nitrogens with zero attached hydrogens (tertiary/aromatic N) is 1. The second-order valence-corrected chi connectivity index (χ2v) is 4.23. The summed E-state index contributed by atoms with van der Waals surface area (Å²) < 4.78 is 13.1. The molecule has 0 fully saturated rings. The van der Waals surface area contributed by atoms with Crippen molar-refractivity contribution < 1.29 is 9.18 Å². The molecule has 0 radical (unpaired) electrons. The Bertz CT molecular complexity index is 598. The summed E-state index contributed by atoms with van der Waals surface area (Å²) in [5, 5.41) is 5.63. The number of benzene rings is 1. The van der Waals surface area contributed by atoms with Crippen LogP contribution in [-0.4, -0.2) is 17.9 Å². The zero-order valence-electron chi connectivity index (χ0n) is 10.1. The highest BCUT2D eigenvalue weighted by molar-refractivity contribution is 6.31. The van der Waals surface area contributed by atoms with Crippen molar-refractivity contribution in [1.29, 1.82) is 0 Å². The molecular weight excluding hydrogens is 269 g/mol. The van der Waals surface area contributed by atoms with Gasteiger partial charge in [-0.2, -0.15) is 0 Å². The van der Waals surface area contributed by atoms with Crippen LogP contribution in [0, 0.1) is 5.82 Å². The van der Waals surface area contributed by atoms with Gasteiger partial charge in [-0.3, -0.25) is 4.79 Å². The van der Waals surface area contributed by atoms with Gasteiger partial charge >= 0.3 is 0 Å². The predicted molar refractivity (Wildman–Crippen MR) is 73.1 cm³/mol. The Kier molecular flexibility index (Phi) is 3.97. The molecule has 2 aromatic rings. The van der Waals surface area contributed by atoms with Gasteiger partial charge in [0, 0.05) is 29.5 Å². The summed E-state index contributed by atoms with van der Waals surface area (Å²) in [5.74, 6) is -0.293. The first-order valence-electron chi connectivity index (χ1n) is 5.50. The van der Waals surface area contributed by atoms with Crippen LogP contribution in [0.4, 0.5) is 15.9 Å². The molecule has 1 heterocycles. The third-order valence-corrected chi connectivity index (χ3v) is 2.62. The van der Waals surface area contributed by atoms with Gasteiger partial charge < -0.3 is 10.6 Å². The van der Waals surface area contributed by atoms with E-state index in [9.17, 15) is 9.18 Å². The maximum atomic E-state index is 13.1. The molecule has 98 valence electrons. The Morgan fingerprint density at radius 3 is 2.79 bits per heavy atom. The molecule has 0 saturated heterocycles. The first-order chi connectivity index (χ1) is 9.08. The fourth-order valence-corrected chi connectivity index (χ4v) is 1.76. The lowest BCUT2D eigenvalue weighted by molar-refractivity contribution is 0.102. The van der Waals surface area contributed by atoms with E-state index in [0.29, 0.717) is 17.1 Å². The van der Waals surface area contributed by atoms with E-state index < -0.39 is 5.82 Å². The highest BCUT2D eigenvalue weighted by Gasteiger charge is 2.08. The van der Waals surface area contributed by atoms with Crippen molar-refractivity contribution in [2.24, 2.45) is 0 Å². The molecule has 0 unspecified atom stereocenters. The number of aromatic nitrogens is 1. The lowest BCUT2D eigenvalue weighted by Crippen LogP contribution is -2.12. The number of pyridine rings is 1. The molecule has 2 N–H and O–H groups in total. The van der Waals surface area contributed by atoms with Gasteiger partial charge in [0.05, 0.1) is 0 Å². The number of nitrogens with one attached hydrogen (secondary N) is 2. The van der Waals surface area contributed by atoms with Crippen LogP contribution in [0.15, 0.2) is 36.5 Å². The van der Waals surface area contributed by atoms with Crippen molar-refractivity contribution in [2.75, 3.05) is 17.7 Å². The van der Waals surface area contributed by atoms with Crippen LogP contribution in [-0.2, 0) is 0 Å². The molecule has 0 bridgehead atoms. The van der Waals surface area contributed by atoms with Crippen LogP contribution in [0.5, 0.6) is 0 Å². The maximum absolute atomic E-state index is 13.1. The van der Waals surface area contributed by atoms with Crippen LogP contribution in [0.25, 0.3) is 0 Å². The number of halogens is 2. The zero-order chi connectivity index (χ0) is 13.8. The van der Waals surface area contributed by atoms with E-state index >= 15 is 0 Å². The van der Waals surface area contributed by atoms with Crippen molar-refractivity contribution in [3.63, 3.8) is 0 Å². The van der Waals surface area contributed by atoms with Gasteiger partial charge in [-0.05, 0) is 30.3 Å². The minimum absolute atomic E-state index is 0.223. The SMILES string of the molecule is CNc1cc(C(=O)Nc2cc(F)cc(Cl)c2)ccn1. The van der Waals surface area contributed by atoms with Gasteiger partial charge in [-0.25, -0.2) is 9.37 Å². The molecule has 0 aliphatic carbocycles. The fraction of sp³-hybridized carbons (Fsp3) is 0.0769. The Hall–Kier alpha value is -2.14. The van der Waals surface area contributed by atoms with Gasteiger partial charge in [-0.15, -0.1) is 0 Å². The van der Waals surface area contributed by atoms with E-state index in [0.717, 1.165) is 0 Å². The molecule has 2 rings (SSSR count). The first-order valence-corrected chi connectivity index (χ1v) is 5.87. The standard InChI is InChI=1S/C13H11ClFN3O/c1-16-12-4-8(2-3-17-12)13(19)18-11-6-9(14)5-10(15)7-11/h2-7H,1H3,(H,16,17)(H,18,19). The van der Waals surface area contributed by atoms with Gasteiger partial charge in [0.2, 0.25) is 0 Å². The van der Waals surface area contributed by atoms with E-state index in [2.05, 4.69) is 15.6 Å². The summed E-state index contributed by atoms with van der Waals surface area (Å²) in [6.45, 7) is 0. The number of hydrogen-bond donors (Lipinski definition) is 2. The molecule has 4 nitrogen and oxygen atoms in total. The third kappa shape index (κ3) is 3.42. The maximum Gasteiger partial charge on any atom is 0.255 e. The van der Waals surface area contributed by atoms with E-state index in [1.165, 1.54) is 24.4 Å². The van der Waals surface area contributed by atoms with Gasteiger partial charge in [0.1, 0.15) is 11.6 Å². The van der Waals surface area contributed by atoms with Crippen molar-refractivity contribution in [1.82, 2.24) is 4.98 Å². The zero-order valence-corrected chi connectivity index (χ0v) is 10.8. The molecule has 0 atom stereocenters. The van der Waals surface area contributed by atoms with Crippen LogP contribution < -0.4 is 10.6 Å². The number of hydrogen-bond acceptors (Lipinski definition) is 3. The van der Waals surface area contributed by atoms with Crippen molar-refractivity contribution in [3.05, 3.63) is 52.9 Å². The average molecular weight is 280 g/mol. The van der Waals surface area contributed by atoms with Gasteiger partial charge in [-0.1, -0.05) is 11.6 Å². The molecule has 6 heteroatoms. The van der Waals surface area contributed by atoms with E-state index in [1.807, 2.05) is 0 Å². The molecule has 0 saturated carbocycles. The number of anilines is 2. The van der Waals surface area contributed by atoms with E-state index in [1.54, 1.807) is 19.2 Å². The minimum atomic E-state index is -0.506. The highest BCUT2D eigenvalue weighted by Crippen LogP contribution is 2.19. The summed E-state index contributed by atoms with van der Waals surface area (Å²) in [7, 11) is 1.70. The lowest BCUT2D eigenvalue weighted by Gasteiger charge is -2.07. The predicted octanol–water partition coefficient (Wildman–Crippen LogP) is 3.17. The van der Waals surface area contributed by atoms with Crippen molar-refractivity contribution in [2.45, 2.75) is 0 Å². The lowest BCUT2D eigenvalue weighted by atomic mass is 10.2. The number of rotatable bonds is 3. The summed E-state index contributed by atoms with van der Waals surface area (Å²) in [6.07, 6.45) is 1.51. The second kappa shape index (κ2) is 5.67. The van der Waals surface area contributed by atoms with Crippen LogP contribution >= 0.6 is 11.6 Å². The van der Waals surface area contributed by atoms with Crippen LogP contribution in [0.2, 0.25) is 5.02 Å². The molecule has 1 amide bonds. The Labute approximate surface area is 114 Å². The Morgan fingerprint density at radius 1 is 1.32 bits per heavy atom. The van der Waals surface area contributed by atoms with Gasteiger partial charge in [0.25, 0.3) is 5.91 Å².